The predicted octanol–water partition coefficient (Wildman–Crippen LogP) is 2.69. The Morgan fingerprint density at radius 3 is 2.73 bits per heavy atom. The molecule has 26 heavy (non-hydrogen) atoms. The number of amides is 1. The predicted molar refractivity (Wildman–Crippen MR) is 102 cm³/mol. The molecule has 7 nitrogen and oxygen atoms in total. The van der Waals surface area contributed by atoms with E-state index in [4.69, 9.17) is 16.6 Å². The summed E-state index contributed by atoms with van der Waals surface area (Å²) < 4.78 is 9.74. The van der Waals surface area contributed by atoms with E-state index in [9.17, 15) is 4.79 Å². The van der Waals surface area contributed by atoms with Crippen molar-refractivity contribution < 1.29 is 9.21 Å². The number of hydrogen-bond donors (Lipinski definition) is 0. The Morgan fingerprint density at radius 2 is 2.08 bits per heavy atom. The standard InChI is InChI=1S/C17H19N5O2S2/c1-19-15(13-4-2-10-24-13)18-22(17(19)25)12-20-6-8-21(9-7-20)16(23)14-5-3-11-26-14/h2-5,10-11H,6-9,12H2,1H3. The number of hydrogen-bond acceptors (Lipinski definition) is 6. The molecule has 0 radical (unpaired) electrons. The first-order valence-electron chi connectivity index (χ1n) is 8.36. The van der Waals surface area contributed by atoms with E-state index < -0.39 is 0 Å². The zero-order chi connectivity index (χ0) is 18.1. The molecule has 4 rings (SSSR count). The summed E-state index contributed by atoms with van der Waals surface area (Å²) in [6.07, 6.45) is 1.63. The third kappa shape index (κ3) is 3.25. The summed E-state index contributed by atoms with van der Waals surface area (Å²) >= 11 is 7.00. The van der Waals surface area contributed by atoms with Gasteiger partial charge in [-0.15, -0.1) is 16.4 Å². The van der Waals surface area contributed by atoms with Crippen LogP contribution in [0.15, 0.2) is 40.3 Å². The summed E-state index contributed by atoms with van der Waals surface area (Å²) in [7, 11) is 1.89. The molecule has 0 atom stereocenters. The molecular formula is C17H19N5O2S2. The van der Waals surface area contributed by atoms with Crippen LogP contribution in [0.3, 0.4) is 0 Å². The molecular weight excluding hydrogens is 370 g/mol. The normalized spacial score (nSPS) is 15.5. The lowest BCUT2D eigenvalue weighted by Crippen LogP contribution is -2.48. The van der Waals surface area contributed by atoms with Crippen LogP contribution in [0.2, 0.25) is 0 Å². The quantitative estimate of drug-likeness (QED) is 0.642. The molecule has 1 aliphatic rings. The van der Waals surface area contributed by atoms with Gasteiger partial charge >= 0.3 is 0 Å². The molecule has 1 saturated heterocycles. The van der Waals surface area contributed by atoms with Gasteiger partial charge in [-0.05, 0) is 35.8 Å². The highest BCUT2D eigenvalue weighted by Crippen LogP contribution is 2.18. The average Bonchev–Trinajstić information content (AvgIpc) is 3.41. The van der Waals surface area contributed by atoms with Gasteiger partial charge in [0.25, 0.3) is 5.91 Å². The second-order valence-corrected chi connectivity index (χ2v) is 7.48. The number of thiophene rings is 1. The van der Waals surface area contributed by atoms with Crippen molar-refractivity contribution in [2.24, 2.45) is 7.05 Å². The minimum absolute atomic E-state index is 0.120. The Kier molecular flexibility index (Phi) is 4.75. The van der Waals surface area contributed by atoms with Crippen LogP contribution >= 0.6 is 23.6 Å². The van der Waals surface area contributed by atoms with Gasteiger partial charge < -0.3 is 13.9 Å². The molecule has 1 amide bonds. The number of carbonyl (C=O) groups excluding carboxylic acids is 1. The Hall–Kier alpha value is -2.23. The topological polar surface area (TPSA) is 59.4 Å². The molecule has 0 spiro atoms. The van der Waals surface area contributed by atoms with Gasteiger partial charge in [0, 0.05) is 33.2 Å². The number of nitrogens with zero attached hydrogens (tertiary/aromatic N) is 5. The average molecular weight is 390 g/mol. The number of furan rings is 1. The minimum atomic E-state index is 0.120. The third-order valence-electron chi connectivity index (χ3n) is 4.51. The molecule has 0 saturated carbocycles. The second-order valence-electron chi connectivity index (χ2n) is 6.17. The van der Waals surface area contributed by atoms with E-state index in [-0.39, 0.29) is 5.91 Å². The van der Waals surface area contributed by atoms with Gasteiger partial charge in [-0.3, -0.25) is 9.69 Å². The summed E-state index contributed by atoms with van der Waals surface area (Å²) in [6, 6.07) is 7.49. The second kappa shape index (κ2) is 7.18. The van der Waals surface area contributed by atoms with Crippen molar-refractivity contribution in [2.75, 3.05) is 26.2 Å². The number of rotatable bonds is 4. The fourth-order valence-corrected chi connectivity index (χ4v) is 3.91. The maximum absolute atomic E-state index is 12.4. The van der Waals surface area contributed by atoms with Crippen molar-refractivity contribution >= 4 is 29.5 Å². The molecule has 0 aromatic carbocycles. The van der Waals surface area contributed by atoms with Gasteiger partial charge in [-0.2, -0.15) is 0 Å². The number of aromatic nitrogens is 3. The van der Waals surface area contributed by atoms with Gasteiger partial charge in [0.2, 0.25) is 0 Å². The van der Waals surface area contributed by atoms with E-state index in [1.165, 1.54) is 11.3 Å². The van der Waals surface area contributed by atoms with Crippen LogP contribution in [-0.4, -0.2) is 56.2 Å². The summed E-state index contributed by atoms with van der Waals surface area (Å²) in [5.74, 6) is 1.53. The van der Waals surface area contributed by atoms with Crippen molar-refractivity contribution in [3.8, 4) is 11.6 Å². The molecule has 9 heteroatoms. The molecule has 0 bridgehead atoms. The smallest absolute Gasteiger partial charge is 0.264 e. The zero-order valence-corrected chi connectivity index (χ0v) is 16.0. The fraction of sp³-hybridized carbons (Fsp3) is 0.353. The van der Waals surface area contributed by atoms with Crippen molar-refractivity contribution in [1.82, 2.24) is 24.1 Å². The summed E-state index contributed by atoms with van der Waals surface area (Å²) in [5, 5.41) is 6.54. The lowest BCUT2D eigenvalue weighted by atomic mass is 10.3. The largest absolute Gasteiger partial charge is 0.461 e. The molecule has 3 aromatic heterocycles. The van der Waals surface area contributed by atoms with E-state index in [1.807, 2.05) is 50.8 Å². The van der Waals surface area contributed by atoms with Gasteiger partial charge in [0.15, 0.2) is 16.4 Å². The molecule has 1 aliphatic heterocycles. The minimum Gasteiger partial charge on any atom is -0.461 e. The van der Waals surface area contributed by atoms with Gasteiger partial charge in [-0.1, -0.05) is 6.07 Å². The van der Waals surface area contributed by atoms with Crippen LogP contribution in [0.5, 0.6) is 0 Å². The van der Waals surface area contributed by atoms with Crippen LogP contribution in [-0.2, 0) is 13.7 Å². The maximum Gasteiger partial charge on any atom is 0.264 e. The monoisotopic (exact) mass is 389 g/mol. The molecule has 0 N–H and O–H groups in total. The first-order valence-corrected chi connectivity index (χ1v) is 9.65. The van der Waals surface area contributed by atoms with Crippen molar-refractivity contribution in [2.45, 2.75) is 6.67 Å². The van der Waals surface area contributed by atoms with E-state index >= 15 is 0 Å². The molecule has 1 fully saturated rings. The lowest BCUT2D eigenvalue weighted by molar-refractivity contribution is 0.0590. The number of piperazine rings is 1. The van der Waals surface area contributed by atoms with E-state index in [0.29, 0.717) is 36.1 Å². The van der Waals surface area contributed by atoms with E-state index in [2.05, 4.69) is 10.00 Å². The zero-order valence-electron chi connectivity index (χ0n) is 14.4. The maximum atomic E-state index is 12.4. The molecule has 3 aromatic rings. The first-order chi connectivity index (χ1) is 12.6. The Labute approximate surface area is 160 Å². The van der Waals surface area contributed by atoms with Crippen LogP contribution in [0.4, 0.5) is 0 Å². The van der Waals surface area contributed by atoms with E-state index in [0.717, 1.165) is 18.0 Å². The van der Waals surface area contributed by atoms with E-state index in [1.54, 1.807) is 6.26 Å². The SMILES string of the molecule is Cn1c(-c2ccco2)nn(CN2CCN(C(=O)c3cccs3)CC2)c1=S. The Bertz CT molecular complexity index is 935. The van der Waals surface area contributed by atoms with Crippen molar-refractivity contribution in [3.05, 3.63) is 45.6 Å². The Balaban J connectivity index is 1.41. The molecule has 4 heterocycles. The summed E-state index contributed by atoms with van der Waals surface area (Å²) in [4.78, 5) is 17.4. The highest BCUT2D eigenvalue weighted by atomic mass is 32.1. The van der Waals surface area contributed by atoms with Crippen LogP contribution < -0.4 is 0 Å². The van der Waals surface area contributed by atoms with Gasteiger partial charge in [0.05, 0.1) is 17.8 Å². The summed E-state index contributed by atoms with van der Waals surface area (Å²) in [5.41, 5.74) is 0. The summed E-state index contributed by atoms with van der Waals surface area (Å²) in [6.45, 7) is 3.62. The van der Waals surface area contributed by atoms with Gasteiger partial charge in [0.1, 0.15) is 0 Å². The van der Waals surface area contributed by atoms with Crippen LogP contribution in [0.25, 0.3) is 11.6 Å². The lowest BCUT2D eigenvalue weighted by Gasteiger charge is -2.34. The number of carbonyl (C=O) groups is 1. The highest BCUT2D eigenvalue weighted by Gasteiger charge is 2.23. The van der Waals surface area contributed by atoms with Crippen molar-refractivity contribution in [3.63, 3.8) is 0 Å². The highest BCUT2D eigenvalue weighted by molar-refractivity contribution is 7.71. The van der Waals surface area contributed by atoms with Crippen molar-refractivity contribution in [1.29, 1.82) is 0 Å². The molecule has 136 valence electrons. The first kappa shape index (κ1) is 17.2. The van der Waals surface area contributed by atoms with Crippen LogP contribution in [0, 0.1) is 4.77 Å². The van der Waals surface area contributed by atoms with Gasteiger partial charge in [-0.25, -0.2) is 4.68 Å². The Morgan fingerprint density at radius 1 is 1.27 bits per heavy atom. The third-order valence-corrected chi connectivity index (χ3v) is 5.85. The molecule has 0 unspecified atom stereocenters. The van der Waals surface area contributed by atoms with Crippen LogP contribution in [0.1, 0.15) is 9.67 Å². The molecule has 0 aliphatic carbocycles. The fourth-order valence-electron chi connectivity index (χ4n) is 3.04.